The number of nitrogens with zero attached hydrogens (tertiary/aromatic N) is 2. The molecule has 8 nitrogen and oxygen atoms in total. The molecule has 0 radical (unpaired) electrons. The summed E-state index contributed by atoms with van der Waals surface area (Å²) in [7, 11) is -9.02. The molecule has 13 heteroatoms. The van der Waals surface area contributed by atoms with Crippen LogP contribution >= 0.6 is 0 Å². The molecule has 0 aliphatic carbocycles. The van der Waals surface area contributed by atoms with Crippen LogP contribution in [0.1, 0.15) is 44.4 Å². The molecular weight excluding hydrogens is 702 g/mol. The molecule has 2 aliphatic rings. The number of hydrogen-bond acceptors (Lipinski definition) is 7. The van der Waals surface area contributed by atoms with Gasteiger partial charge in [-0.25, -0.2) is 21.4 Å². The van der Waals surface area contributed by atoms with Crippen molar-refractivity contribution in [3.05, 3.63) is 139 Å². The largest absolute Gasteiger partial charge is 1.00 e. The standard InChI is InChI=1S/C37H39N2O6S2.3Na/c1-6-38-33-23-22-29(47(43,44)45)26-31(33)37(4,5)34(38)20-12-16-28(27-14-8-7-9-15-27)17-13-21-35-36(2,3)30-18-10-11-19-32(30)39(35)24-25-46(40,41)42;;;/h7-9,11-23,26H,1,6,24-25H2,2-5H3,(H,40,41,42)(H,43,44,45);;;/q-1;3*+1/p-2. The molecule has 5 rings (SSSR count). The molecule has 2 heterocycles. The molecule has 0 N–H and O–H groups in total. The third-order valence-corrected chi connectivity index (χ3v) is 10.4. The van der Waals surface area contributed by atoms with Crippen LogP contribution in [0.4, 0.5) is 11.4 Å². The molecule has 50 heavy (non-hydrogen) atoms. The molecule has 0 bridgehead atoms. The summed E-state index contributed by atoms with van der Waals surface area (Å²) in [5, 5.41) is 0. The predicted octanol–water partition coefficient (Wildman–Crippen LogP) is -2.96. The molecular formula is C37H37N2Na3O6S2. The van der Waals surface area contributed by atoms with Gasteiger partial charge in [-0.1, -0.05) is 87.9 Å². The van der Waals surface area contributed by atoms with E-state index in [2.05, 4.69) is 26.8 Å². The van der Waals surface area contributed by atoms with E-state index >= 15 is 0 Å². The van der Waals surface area contributed by atoms with Gasteiger partial charge >= 0.3 is 88.7 Å². The molecule has 3 aromatic rings. The van der Waals surface area contributed by atoms with Gasteiger partial charge in [0.25, 0.3) is 0 Å². The summed E-state index contributed by atoms with van der Waals surface area (Å²) in [6.45, 7) is 12.6. The quantitative estimate of drug-likeness (QED) is 0.0718. The van der Waals surface area contributed by atoms with Crippen molar-refractivity contribution in [1.29, 1.82) is 0 Å². The fourth-order valence-corrected chi connectivity index (χ4v) is 7.32. The zero-order valence-corrected chi connectivity index (χ0v) is 37.4. The number of anilines is 1. The second-order valence-corrected chi connectivity index (χ2v) is 15.4. The third kappa shape index (κ3) is 9.71. The second kappa shape index (κ2) is 17.8. The zero-order chi connectivity index (χ0) is 34.2. The van der Waals surface area contributed by atoms with Crippen molar-refractivity contribution in [1.82, 2.24) is 0 Å². The average molecular weight is 739 g/mol. The molecule has 0 aromatic heterocycles. The van der Waals surface area contributed by atoms with E-state index < -0.39 is 36.8 Å². The summed E-state index contributed by atoms with van der Waals surface area (Å²) in [6, 6.07) is 23.0. The summed E-state index contributed by atoms with van der Waals surface area (Å²) in [5.74, 6) is -0.514. The van der Waals surface area contributed by atoms with E-state index in [-0.39, 0.29) is 100 Å². The first-order chi connectivity index (χ1) is 22.1. The first-order valence-electron chi connectivity index (χ1n) is 15.1. The molecule has 0 amide bonds. The molecule has 0 saturated heterocycles. The maximum atomic E-state index is 11.8. The topological polar surface area (TPSA) is 121 Å². The van der Waals surface area contributed by atoms with Crippen LogP contribution in [0.3, 0.4) is 0 Å². The Hall–Kier alpha value is -1.09. The summed E-state index contributed by atoms with van der Waals surface area (Å²) in [6.07, 6.45) is 11.8. The van der Waals surface area contributed by atoms with E-state index in [1.165, 1.54) is 12.1 Å². The Labute approximate surface area is 363 Å². The molecule has 3 aromatic carbocycles. The predicted molar refractivity (Wildman–Crippen MR) is 184 cm³/mol. The van der Waals surface area contributed by atoms with Gasteiger partial charge in [0.1, 0.15) is 25.9 Å². The van der Waals surface area contributed by atoms with E-state index in [1.54, 1.807) is 12.1 Å². The minimum Gasteiger partial charge on any atom is -0.748 e. The van der Waals surface area contributed by atoms with E-state index in [4.69, 9.17) is 0 Å². The molecule has 0 unspecified atom stereocenters. The summed E-state index contributed by atoms with van der Waals surface area (Å²) < 4.78 is 71.8. The van der Waals surface area contributed by atoms with Crippen LogP contribution in [0.25, 0.3) is 5.57 Å². The number of hydrogen-bond donors (Lipinski definition) is 0. The van der Waals surface area contributed by atoms with Gasteiger partial charge in [-0.15, -0.1) is 12.6 Å². The SMILES string of the molecule is [CH2-]CN1/C(=C/C=C/C(=C/C=C/C2=[N+](CCS(=O)(=O)[O-])c3cc[c-]cc3C2(C)C)c2ccccc2)C(C)(C)c2cc(S(=O)(=O)[O-])ccc21.[Na+].[Na+].[Na+]. The number of allylic oxidation sites excluding steroid dienone is 8. The van der Waals surface area contributed by atoms with E-state index in [9.17, 15) is 25.9 Å². The maximum Gasteiger partial charge on any atom is 1.00 e. The van der Waals surface area contributed by atoms with Gasteiger partial charge < -0.3 is 20.9 Å². The average Bonchev–Trinajstić information content (AvgIpc) is 3.36. The summed E-state index contributed by atoms with van der Waals surface area (Å²) in [4.78, 5) is 1.75. The van der Waals surface area contributed by atoms with Crippen molar-refractivity contribution in [2.45, 2.75) is 43.4 Å². The van der Waals surface area contributed by atoms with Crippen LogP contribution in [0.5, 0.6) is 0 Å². The van der Waals surface area contributed by atoms with Crippen LogP contribution in [-0.2, 0) is 31.1 Å². The number of fused-ring (bicyclic) bond motifs is 2. The van der Waals surface area contributed by atoms with Crippen molar-refractivity contribution < 1.29 is 119 Å². The van der Waals surface area contributed by atoms with Crippen LogP contribution in [-0.4, -0.2) is 55.1 Å². The zero-order valence-electron chi connectivity index (χ0n) is 29.8. The Morgan fingerprint density at radius 3 is 2.22 bits per heavy atom. The van der Waals surface area contributed by atoms with Crippen molar-refractivity contribution in [3.8, 4) is 0 Å². The van der Waals surface area contributed by atoms with Gasteiger partial charge in [-0.2, -0.15) is 18.2 Å². The first kappa shape index (κ1) is 45.1. The van der Waals surface area contributed by atoms with Crippen molar-refractivity contribution in [2.24, 2.45) is 0 Å². The normalized spacial score (nSPS) is 17.4. The van der Waals surface area contributed by atoms with E-state index in [0.717, 1.165) is 45.0 Å². The Bertz CT molecular complexity index is 2090. The summed E-state index contributed by atoms with van der Waals surface area (Å²) >= 11 is 0. The Balaban J connectivity index is 0.00000289. The van der Waals surface area contributed by atoms with Crippen molar-refractivity contribution in [3.63, 3.8) is 0 Å². The van der Waals surface area contributed by atoms with E-state index in [1.807, 2.05) is 102 Å². The molecule has 0 spiro atoms. The molecule has 246 valence electrons. The van der Waals surface area contributed by atoms with Crippen LogP contribution in [0, 0.1) is 13.0 Å². The van der Waals surface area contributed by atoms with Gasteiger partial charge in [0.05, 0.1) is 10.6 Å². The Morgan fingerprint density at radius 2 is 1.60 bits per heavy atom. The van der Waals surface area contributed by atoms with Gasteiger partial charge in [-0.3, -0.25) is 0 Å². The van der Waals surface area contributed by atoms with Gasteiger partial charge in [0.2, 0.25) is 0 Å². The Kier molecular flexibility index (Phi) is 16.1. The smallest absolute Gasteiger partial charge is 0.748 e. The van der Waals surface area contributed by atoms with Crippen molar-refractivity contribution >= 4 is 42.9 Å². The van der Waals surface area contributed by atoms with Crippen LogP contribution in [0.15, 0.2) is 114 Å². The molecule has 0 atom stereocenters. The fraction of sp³-hybridized carbons (Fsp3) is 0.243. The number of benzene rings is 3. The minimum absolute atomic E-state index is 0. The number of rotatable bonds is 10. The fourth-order valence-electron chi connectivity index (χ4n) is 6.42. The van der Waals surface area contributed by atoms with Crippen LogP contribution < -0.4 is 93.6 Å². The molecule has 0 fully saturated rings. The monoisotopic (exact) mass is 738 g/mol. The van der Waals surface area contributed by atoms with E-state index in [0.29, 0.717) is 6.54 Å². The molecule has 0 saturated carbocycles. The first-order valence-corrected chi connectivity index (χ1v) is 18.1. The van der Waals surface area contributed by atoms with Gasteiger partial charge in [0, 0.05) is 28.3 Å². The third-order valence-electron chi connectivity index (χ3n) is 8.84. The molecule has 2 aliphatic heterocycles. The van der Waals surface area contributed by atoms with Crippen LogP contribution in [0.2, 0.25) is 0 Å². The maximum absolute atomic E-state index is 11.8. The Morgan fingerprint density at radius 1 is 0.920 bits per heavy atom. The van der Waals surface area contributed by atoms with Crippen molar-refractivity contribution in [2.75, 3.05) is 23.7 Å². The van der Waals surface area contributed by atoms with Gasteiger partial charge in [-0.05, 0) is 41.0 Å². The second-order valence-electron chi connectivity index (χ2n) is 12.5. The summed E-state index contributed by atoms with van der Waals surface area (Å²) in [5.41, 5.74) is 6.00. The van der Waals surface area contributed by atoms with Gasteiger partial charge in [0.15, 0.2) is 12.3 Å². The minimum atomic E-state index is -4.60.